The SMILES string of the molecule is O=C(c1cccn2cncc12)N1CCC(c2cc(F)cc(Cl)c2)CC1. The summed E-state index contributed by atoms with van der Waals surface area (Å²) in [5.41, 5.74) is 2.38. The lowest BCUT2D eigenvalue weighted by Gasteiger charge is -2.32. The van der Waals surface area contributed by atoms with Gasteiger partial charge in [-0.05, 0) is 54.7 Å². The minimum absolute atomic E-state index is 0.0156. The zero-order chi connectivity index (χ0) is 17.4. The first-order valence-electron chi connectivity index (χ1n) is 8.28. The van der Waals surface area contributed by atoms with Gasteiger partial charge in [0.1, 0.15) is 5.82 Å². The molecular weight excluding hydrogens is 341 g/mol. The number of fused-ring (bicyclic) bond motifs is 1. The summed E-state index contributed by atoms with van der Waals surface area (Å²) >= 11 is 5.96. The summed E-state index contributed by atoms with van der Waals surface area (Å²) in [7, 11) is 0. The van der Waals surface area contributed by atoms with Gasteiger partial charge in [0.2, 0.25) is 0 Å². The van der Waals surface area contributed by atoms with E-state index in [1.165, 1.54) is 6.07 Å². The van der Waals surface area contributed by atoms with E-state index in [2.05, 4.69) is 4.98 Å². The second-order valence-electron chi connectivity index (χ2n) is 6.38. The third-order valence-electron chi connectivity index (χ3n) is 4.82. The fourth-order valence-corrected chi connectivity index (χ4v) is 3.76. The minimum atomic E-state index is -0.312. The topological polar surface area (TPSA) is 37.6 Å². The van der Waals surface area contributed by atoms with Crippen molar-refractivity contribution in [2.45, 2.75) is 18.8 Å². The van der Waals surface area contributed by atoms with Crippen molar-refractivity contribution in [1.29, 1.82) is 0 Å². The van der Waals surface area contributed by atoms with Gasteiger partial charge in [-0.3, -0.25) is 4.79 Å². The van der Waals surface area contributed by atoms with Crippen LogP contribution in [0.2, 0.25) is 5.02 Å². The van der Waals surface area contributed by atoms with Crippen LogP contribution in [0.5, 0.6) is 0 Å². The van der Waals surface area contributed by atoms with E-state index in [1.54, 1.807) is 18.6 Å². The molecule has 6 heteroatoms. The molecule has 0 unspecified atom stereocenters. The second-order valence-corrected chi connectivity index (χ2v) is 6.81. The molecule has 25 heavy (non-hydrogen) atoms. The Labute approximate surface area is 149 Å². The number of carbonyl (C=O) groups is 1. The molecule has 4 nitrogen and oxygen atoms in total. The molecule has 128 valence electrons. The van der Waals surface area contributed by atoms with Crippen LogP contribution in [-0.4, -0.2) is 33.3 Å². The number of pyridine rings is 1. The monoisotopic (exact) mass is 357 g/mol. The Morgan fingerprint density at radius 3 is 2.80 bits per heavy atom. The van der Waals surface area contributed by atoms with E-state index in [9.17, 15) is 9.18 Å². The molecule has 0 atom stereocenters. The van der Waals surface area contributed by atoms with Crippen LogP contribution in [0.1, 0.15) is 34.7 Å². The number of rotatable bonds is 2. The second kappa shape index (κ2) is 6.48. The van der Waals surface area contributed by atoms with E-state index >= 15 is 0 Å². The lowest BCUT2D eigenvalue weighted by Crippen LogP contribution is -2.38. The summed E-state index contributed by atoms with van der Waals surface area (Å²) in [5.74, 6) is -0.0711. The molecule has 3 aromatic rings. The summed E-state index contributed by atoms with van der Waals surface area (Å²) in [5, 5.41) is 0.418. The lowest BCUT2D eigenvalue weighted by atomic mass is 9.89. The highest BCUT2D eigenvalue weighted by molar-refractivity contribution is 6.30. The highest BCUT2D eigenvalue weighted by Gasteiger charge is 2.26. The zero-order valence-corrected chi connectivity index (χ0v) is 14.3. The molecular formula is C19H17ClFN3O. The molecule has 4 rings (SSSR count). The molecule has 2 aromatic heterocycles. The normalized spacial score (nSPS) is 15.7. The summed E-state index contributed by atoms with van der Waals surface area (Å²) in [6.07, 6.45) is 6.86. The van der Waals surface area contributed by atoms with Crippen molar-refractivity contribution >= 4 is 23.0 Å². The summed E-state index contributed by atoms with van der Waals surface area (Å²) in [4.78, 5) is 18.8. The number of carbonyl (C=O) groups excluding carboxylic acids is 1. The molecule has 1 aromatic carbocycles. The molecule has 0 N–H and O–H groups in total. The number of amides is 1. The first-order chi connectivity index (χ1) is 12.1. The standard InChI is InChI=1S/C19H17ClFN3O/c20-15-8-14(9-16(21)10-15)13-3-6-23(7-4-13)19(25)17-2-1-5-24-12-22-11-18(17)24/h1-2,5,8-13H,3-4,6-7H2. The van der Waals surface area contributed by atoms with Crippen molar-refractivity contribution in [2.24, 2.45) is 0 Å². The number of nitrogens with zero attached hydrogens (tertiary/aromatic N) is 3. The third kappa shape index (κ3) is 3.12. The lowest BCUT2D eigenvalue weighted by molar-refractivity contribution is 0.0714. The Morgan fingerprint density at radius 1 is 1.24 bits per heavy atom. The molecule has 1 aliphatic heterocycles. The molecule has 3 heterocycles. The van der Waals surface area contributed by atoms with E-state index < -0.39 is 0 Å². The molecule has 1 amide bonds. The van der Waals surface area contributed by atoms with E-state index in [0.717, 1.165) is 23.9 Å². The third-order valence-corrected chi connectivity index (χ3v) is 5.04. The predicted molar refractivity (Wildman–Crippen MR) is 94.5 cm³/mol. The van der Waals surface area contributed by atoms with Gasteiger partial charge >= 0.3 is 0 Å². The number of hydrogen-bond donors (Lipinski definition) is 0. The molecule has 0 aliphatic carbocycles. The highest BCUT2D eigenvalue weighted by Crippen LogP contribution is 2.31. The Bertz CT molecular complexity index is 911. The number of imidazole rings is 1. The summed E-state index contributed by atoms with van der Waals surface area (Å²) < 4.78 is 15.4. The maximum absolute atomic E-state index is 13.6. The Hall–Kier alpha value is -2.40. The van der Waals surface area contributed by atoms with Gasteiger partial charge in [0.15, 0.2) is 0 Å². The van der Waals surface area contributed by atoms with Crippen molar-refractivity contribution in [3.8, 4) is 0 Å². The summed E-state index contributed by atoms with van der Waals surface area (Å²) in [6, 6.07) is 8.36. The minimum Gasteiger partial charge on any atom is -0.339 e. The van der Waals surface area contributed by atoms with Crippen LogP contribution in [0.25, 0.3) is 5.52 Å². The van der Waals surface area contributed by atoms with Gasteiger partial charge in [-0.15, -0.1) is 0 Å². The number of piperidine rings is 1. The molecule has 0 bridgehead atoms. The number of likely N-dealkylation sites (tertiary alicyclic amines) is 1. The van der Waals surface area contributed by atoms with Gasteiger partial charge in [0, 0.05) is 24.3 Å². The molecule has 1 fully saturated rings. The first-order valence-corrected chi connectivity index (χ1v) is 8.65. The highest BCUT2D eigenvalue weighted by atomic mass is 35.5. The van der Waals surface area contributed by atoms with Crippen LogP contribution >= 0.6 is 11.6 Å². The predicted octanol–water partition coefficient (Wildman–Crippen LogP) is 4.15. The van der Waals surface area contributed by atoms with Crippen molar-refractivity contribution < 1.29 is 9.18 Å². The van der Waals surface area contributed by atoms with Crippen LogP contribution in [0, 0.1) is 5.82 Å². The van der Waals surface area contributed by atoms with E-state index in [-0.39, 0.29) is 17.6 Å². The number of hydrogen-bond acceptors (Lipinski definition) is 2. The average molecular weight is 358 g/mol. The number of halogens is 2. The van der Waals surface area contributed by atoms with Crippen LogP contribution in [0.3, 0.4) is 0 Å². The molecule has 1 saturated heterocycles. The molecule has 0 radical (unpaired) electrons. The summed E-state index contributed by atoms with van der Waals surface area (Å²) in [6.45, 7) is 1.29. The van der Waals surface area contributed by atoms with Crippen molar-refractivity contribution in [1.82, 2.24) is 14.3 Å². The van der Waals surface area contributed by atoms with Crippen molar-refractivity contribution in [2.75, 3.05) is 13.1 Å². The Morgan fingerprint density at radius 2 is 2.04 bits per heavy atom. The fraction of sp³-hybridized carbons (Fsp3) is 0.263. The smallest absolute Gasteiger partial charge is 0.256 e. The van der Waals surface area contributed by atoms with E-state index in [0.29, 0.717) is 23.7 Å². The van der Waals surface area contributed by atoms with Gasteiger partial charge < -0.3 is 9.30 Å². The Balaban J connectivity index is 1.50. The number of benzene rings is 1. The zero-order valence-electron chi connectivity index (χ0n) is 13.5. The maximum atomic E-state index is 13.6. The van der Waals surface area contributed by atoms with Crippen LogP contribution in [0.4, 0.5) is 4.39 Å². The largest absolute Gasteiger partial charge is 0.339 e. The van der Waals surface area contributed by atoms with Gasteiger partial charge in [0.25, 0.3) is 5.91 Å². The average Bonchev–Trinajstić information content (AvgIpc) is 3.09. The van der Waals surface area contributed by atoms with E-state index in [4.69, 9.17) is 11.6 Å². The molecule has 0 saturated carbocycles. The number of aromatic nitrogens is 2. The Kier molecular flexibility index (Phi) is 4.17. The molecule has 1 aliphatic rings. The van der Waals surface area contributed by atoms with Crippen LogP contribution in [0.15, 0.2) is 49.1 Å². The van der Waals surface area contributed by atoms with Gasteiger partial charge in [-0.2, -0.15) is 0 Å². The van der Waals surface area contributed by atoms with E-state index in [1.807, 2.05) is 33.7 Å². The maximum Gasteiger partial charge on any atom is 0.256 e. The van der Waals surface area contributed by atoms with Crippen LogP contribution in [-0.2, 0) is 0 Å². The van der Waals surface area contributed by atoms with Crippen molar-refractivity contribution in [3.05, 3.63) is 71.0 Å². The van der Waals surface area contributed by atoms with Crippen LogP contribution < -0.4 is 0 Å². The van der Waals surface area contributed by atoms with Crippen molar-refractivity contribution in [3.63, 3.8) is 0 Å². The molecule has 0 spiro atoms. The van der Waals surface area contributed by atoms with Gasteiger partial charge in [-0.25, -0.2) is 9.37 Å². The quantitative estimate of drug-likeness (QED) is 0.691. The van der Waals surface area contributed by atoms with Gasteiger partial charge in [-0.1, -0.05) is 11.6 Å². The first kappa shape index (κ1) is 16.1. The van der Waals surface area contributed by atoms with Gasteiger partial charge in [0.05, 0.1) is 23.6 Å². The fourth-order valence-electron chi connectivity index (χ4n) is 3.53.